The molecule has 0 fully saturated rings. The fourth-order valence-electron chi connectivity index (χ4n) is 1.96. The van der Waals surface area contributed by atoms with Crippen LogP contribution in [0.25, 0.3) is 0 Å². The molecular formula is C14H29O5P. The molecule has 0 heterocycles. The molecule has 120 valence electrons. The Morgan fingerprint density at radius 3 is 2.00 bits per heavy atom. The van der Waals surface area contributed by atoms with Gasteiger partial charge < -0.3 is 13.8 Å². The molecule has 0 aliphatic rings. The van der Waals surface area contributed by atoms with Crippen LogP contribution in [0.5, 0.6) is 0 Å². The van der Waals surface area contributed by atoms with Gasteiger partial charge in [0.2, 0.25) is 5.85 Å². The Labute approximate surface area is 122 Å². The topological polar surface area (TPSA) is 61.8 Å². The first-order chi connectivity index (χ1) is 9.50. The lowest BCUT2D eigenvalue weighted by Crippen LogP contribution is -2.20. The van der Waals surface area contributed by atoms with Gasteiger partial charge in [-0.1, -0.05) is 32.6 Å². The van der Waals surface area contributed by atoms with Gasteiger partial charge >= 0.3 is 13.6 Å². The molecule has 0 aliphatic carbocycles. The lowest BCUT2D eigenvalue weighted by Gasteiger charge is -2.25. The standard InChI is InChI=1S/C14H29O5P/c1-5-8-9-10-11-12-14(19-13(4)15)20(16,17-6-2)18-7-3/h14H,5-12H2,1-4H3/t14-/m1/s1. The summed E-state index contributed by atoms with van der Waals surface area (Å²) in [5, 5.41) is 0. The van der Waals surface area contributed by atoms with Gasteiger partial charge in [-0.3, -0.25) is 9.36 Å². The van der Waals surface area contributed by atoms with Crippen molar-refractivity contribution < 1.29 is 23.1 Å². The van der Waals surface area contributed by atoms with Crippen molar-refractivity contribution in [1.82, 2.24) is 0 Å². The Bertz CT molecular complexity index is 296. The summed E-state index contributed by atoms with van der Waals surface area (Å²) in [6, 6.07) is 0. The number of unbranched alkanes of at least 4 members (excludes halogenated alkanes) is 4. The summed E-state index contributed by atoms with van der Waals surface area (Å²) in [6.45, 7) is 7.50. The van der Waals surface area contributed by atoms with Crippen molar-refractivity contribution in [2.45, 2.75) is 72.1 Å². The molecule has 0 aromatic heterocycles. The van der Waals surface area contributed by atoms with Gasteiger partial charge in [-0.15, -0.1) is 0 Å². The molecule has 0 unspecified atom stereocenters. The van der Waals surface area contributed by atoms with Crippen LogP contribution in [0.15, 0.2) is 0 Å². The maximum Gasteiger partial charge on any atom is 0.370 e. The summed E-state index contributed by atoms with van der Waals surface area (Å²) in [5.41, 5.74) is 0. The molecule has 5 nitrogen and oxygen atoms in total. The summed E-state index contributed by atoms with van der Waals surface area (Å²) in [4.78, 5) is 11.2. The highest BCUT2D eigenvalue weighted by Crippen LogP contribution is 2.55. The second kappa shape index (κ2) is 11.3. The molecular weight excluding hydrogens is 279 g/mol. The molecule has 0 aliphatic heterocycles. The number of carbonyl (C=O) groups excluding carboxylic acids is 1. The summed E-state index contributed by atoms with van der Waals surface area (Å²) in [5.74, 6) is -1.25. The van der Waals surface area contributed by atoms with Gasteiger partial charge in [0.1, 0.15) is 0 Å². The van der Waals surface area contributed by atoms with Gasteiger partial charge in [0, 0.05) is 6.92 Å². The van der Waals surface area contributed by atoms with Crippen molar-refractivity contribution >= 4 is 13.6 Å². The number of hydrogen-bond acceptors (Lipinski definition) is 5. The minimum Gasteiger partial charge on any atom is -0.450 e. The highest BCUT2D eigenvalue weighted by Gasteiger charge is 2.37. The number of hydrogen-bond donors (Lipinski definition) is 0. The van der Waals surface area contributed by atoms with Crippen molar-refractivity contribution in [2.24, 2.45) is 0 Å². The molecule has 0 bridgehead atoms. The maximum atomic E-state index is 12.6. The molecule has 1 atom stereocenters. The first-order valence-electron chi connectivity index (χ1n) is 7.56. The van der Waals surface area contributed by atoms with Gasteiger partial charge in [-0.05, 0) is 26.7 Å². The molecule has 0 N–H and O–H groups in total. The summed E-state index contributed by atoms with van der Waals surface area (Å²) in [6.07, 6.45) is 5.89. The Balaban J connectivity index is 4.57. The van der Waals surface area contributed by atoms with Crippen molar-refractivity contribution in [3.63, 3.8) is 0 Å². The van der Waals surface area contributed by atoms with Crippen molar-refractivity contribution in [2.75, 3.05) is 13.2 Å². The lowest BCUT2D eigenvalue weighted by molar-refractivity contribution is -0.144. The Morgan fingerprint density at radius 1 is 1.00 bits per heavy atom. The van der Waals surface area contributed by atoms with Crippen LogP contribution in [0.1, 0.15) is 66.2 Å². The minimum atomic E-state index is -3.38. The molecule has 20 heavy (non-hydrogen) atoms. The molecule has 0 saturated carbocycles. The van der Waals surface area contributed by atoms with E-state index in [0.29, 0.717) is 6.42 Å². The van der Waals surface area contributed by atoms with Crippen LogP contribution in [0.4, 0.5) is 0 Å². The average molecular weight is 308 g/mol. The SMILES string of the molecule is CCCCCCC[C@H](OC(C)=O)P(=O)(OCC)OCC. The van der Waals surface area contributed by atoms with E-state index < -0.39 is 19.4 Å². The molecule has 0 aromatic carbocycles. The lowest BCUT2D eigenvalue weighted by atomic mass is 10.1. The molecule has 0 spiro atoms. The molecule has 0 radical (unpaired) electrons. The number of esters is 1. The van der Waals surface area contributed by atoms with E-state index in [2.05, 4.69) is 6.92 Å². The van der Waals surface area contributed by atoms with Crippen LogP contribution < -0.4 is 0 Å². The highest BCUT2D eigenvalue weighted by molar-refractivity contribution is 7.54. The van der Waals surface area contributed by atoms with Gasteiger partial charge in [-0.25, -0.2) is 0 Å². The Hall–Kier alpha value is -0.380. The monoisotopic (exact) mass is 308 g/mol. The van der Waals surface area contributed by atoms with E-state index in [0.717, 1.165) is 19.3 Å². The van der Waals surface area contributed by atoms with E-state index in [-0.39, 0.29) is 13.2 Å². The van der Waals surface area contributed by atoms with Gasteiger partial charge in [0.25, 0.3) is 0 Å². The zero-order chi connectivity index (χ0) is 15.4. The molecule has 0 rings (SSSR count). The van der Waals surface area contributed by atoms with E-state index in [1.54, 1.807) is 13.8 Å². The van der Waals surface area contributed by atoms with Crippen LogP contribution >= 0.6 is 7.60 Å². The number of ether oxygens (including phenoxy) is 1. The average Bonchev–Trinajstić information content (AvgIpc) is 2.37. The van der Waals surface area contributed by atoms with Crippen LogP contribution in [0.3, 0.4) is 0 Å². The van der Waals surface area contributed by atoms with Crippen LogP contribution in [0, 0.1) is 0 Å². The van der Waals surface area contributed by atoms with Crippen LogP contribution in [0.2, 0.25) is 0 Å². The normalized spacial score (nSPS) is 13.2. The predicted molar refractivity (Wildman–Crippen MR) is 79.8 cm³/mol. The fraction of sp³-hybridized carbons (Fsp3) is 0.929. The third-order valence-electron chi connectivity index (χ3n) is 2.83. The summed E-state index contributed by atoms with van der Waals surface area (Å²) < 4.78 is 28.4. The Kier molecular flexibility index (Phi) is 11.1. The zero-order valence-corrected chi connectivity index (χ0v) is 14.1. The van der Waals surface area contributed by atoms with E-state index >= 15 is 0 Å². The molecule has 0 aromatic rings. The summed E-state index contributed by atoms with van der Waals surface area (Å²) >= 11 is 0. The van der Waals surface area contributed by atoms with Crippen LogP contribution in [-0.2, 0) is 23.1 Å². The third kappa shape index (κ3) is 8.03. The van der Waals surface area contributed by atoms with Gasteiger partial charge in [0.05, 0.1) is 13.2 Å². The second-order valence-corrected chi connectivity index (χ2v) is 6.81. The van der Waals surface area contributed by atoms with E-state index in [9.17, 15) is 9.36 Å². The highest BCUT2D eigenvalue weighted by atomic mass is 31.2. The van der Waals surface area contributed by atoms with Crippen LogP contribution in [-0.4, -0.2) is 25.0 Å². The Morgan fingerprint density at radius 2 is 1.55 bits per heavy atom. The fourth-order valence-corrected chi connectivity index (χ4v) is 3.86. The first-order valence-corrected chi connectivity index (χ1v) is 9.17. The smallest absolute Gasteiger partial charge is 0.370 e. The summed E-state index contributed by atoms with van der Waals surface area (Å²) in [7, 11) is -3.38. The minimum absolute atomic E-state index is 0.269. The second-order valence-electron chi connectivity index (χ2n) is 4.64. The van der Waals surface area contributed by atoms with Crippen molar-refractivity contribution in [1.29, 1.82) is 0 Å². The van der Waals surface area contributed by atoms with E-state index in [1.165, 1.54) is 19.8 Å². The van der Waals surface area contributed by atoms with Crippen molar-refractivity contribution in [3.8, 4) is 0 Å². The van der Waals surface area contributed by atoms with Crippen molar-refractivity contribution in [3.05, 3.63) is 0 Å². The van der Waals surface area contributed by atoms with E-state index in [1.807, 2.05) is 0 Å². The molecule has 0 saturated heterocycles. The van der Waals surface area contributed by atoms with Gasteiger partial charge in [0.15, 0.2) is 0 Å². The molecule has 0 amide bonds. The first kappa shape index (κ1) is 19.6. The number of rotatable bonds is 12. The third-order valence-corrected chi connectivity index (χ3v) is 5.13. The van der Waals surface area contributed by atoms with Gasteiger partial charge in [-0.2, -0.15) is 0 Å². The predicted octanol–water partition coefficient (Wildman–Crippen LogP) is 4.50. The zero-order valence-electron chi connectivity index (χ0n) is 13.2. The maximum absolute atomic E-state index is 12.6. The largest absolute Gasteiger partial charge is 0.450 e. The van der Waals surface area contributed by atoms with E-state index in [4.69, 9.17) is 13.8 Å². The molecule has 6 heteroatoms. The quantitative estimate of drug-likeness (QED) is 0.302. The number of carbonyl (C=O) groups is 1.